The second kappa shape index (κ2) is 9.35. The first-order chi connectivity index (χ1) is 16.1. The lowest BCUT2D eigenvalue weighted by Crippen LogP contribution is -2.39. The Hall–Kier alpha value is -3.19. The number of carbonyl (C=O) groups is 2. The van der Waals surface area contributed by atoms with Crippen LogP contribution in [0.4, 0.5) is 0 Å². The summed E-state index contributed by atoms with van der Waals surface area (Å²) < 4.78 is 6.05. The van der Waals surface area contributed by atoms with Crippen LogP contribution in [0.3, 0.4) is 0 Å². The van der Waals surface area contributed by atoms with Crippen LogP contribution in [0.2, 0.25) is 0 Å². The minimum atomic E-state index is -0.127. The van der Waals surface area contributed by atoms with Crippen molar-refractivity contribution in [3.05, 3.63) is 81.3 Å². The molecule has 1 N–H and O–H groups in total. The number of aromatic nitrogens is 1. The lowest BCUT2D eigenvalue weighted by molar-refractivity contribution is -0.130. The van der Waals surface area contributed by atoms with Crippen LogP contribution in [0, 0.1) is 5.92 Å². The third-order valence-corrected chi connectivity index (χ3v) is 7.08. The van der Waals surface area contributed by atoms with E-state index in [1.807, 2.05) is 35.2 Å². The van der Waals surface area contributed by atoms with Crippen LogP contribution in [0.5, 0.6) is 5.75 Å². The van der Waals surface area contributed by atoms with Gasteiger partial charge < -0.3 is 15.0 Å². The third kappa shape index (κ3) is 4.93. The van der Waals surface area contributed by atoms with Crippen molar-refractivity contribution in [2.75, 3.05) is 13.1 Å². The summed E-state index contributed by atoms with van der Waals surface area (Å²) in [5, 5.41) is 5.49. The van der Waals surface area contributed by atoms with E-state index >= 15 is 0 Å². The van der Waals surface area contributed by atoms with Crippen LogP contribution in [-0.4, -0.2) is 34.8 Å². The van der Waals surface area contributed by atoms with E-state index in [4.69, 9.17) is 4.74 Å². The normalized spacial score (nSPS) is 17.4. The molecule has 1 unspecified atom stereocenters. The van der Waals surface area contributed by atoms with Gasteiger partial charge >= 0.3 is 0 Å². The molecule has 33 heavy (non-hydrogen) atoms. The van der Waals surface area contributed by atoms with Gasteiger partial charge in [0.25, 0.3) is 5.91 Å². The predicted molar refractivity (Wildman–Crippen MR) is 127 cm³/mol. The molecule has 170 valence electrons. The molecule has 0 saturated heterocycles. The van der Waals surface area contributed by atoms with Crippen LogP contribution in [0.25, 0.3) is 0 Å². The summed E-state index contributed by atoms with van der Waals surface area (Å²) in [4.78, 5) is 31.0. The molecule has 2 aromatic carbocycles. The third-order valence-electron chi connectivity index (χ3n) is 6.26. The Balaban J connectivity index is 1.31. The van der Waals surface area contributed by atoms with E-state index in [9.17, 15) is 9.59 Å². The molecule has 1 saturated carbocycles. The number of nitrogens with zero attached hydrogens (tertiary/aromatic N) is 2. The van der Waals surface area contributed by atoms with E-state index < -0.39 is 0 Å². The minimum Gasteiger partial charge on any atom is -0.486 e. The number of rotatable bonds is 7. The highest BCUT2D eigenvalue weighted by molar-refractivity contribution is 7.09. The van der Waals surface area contributed by atoms with Gasteiger partial charge in [0.1, 0.15) is 23.1 Å². The maximum atomic E-state index is 12.4. The molecule has 7 heteroatoms. The summed E-state index contributed by atoms with van der Waals surface area (Å²) in [6.07, 6.45) is 3.23. The SMILES string of the molecule is CC(=O)N1CCc2ccc(OCc3nc(C(=O)NCC4CC4)cs3)cc2C1c1ccccc1. The van der Waals surface area contributed by atoms with Crippen molar-refractivity contribution in [2.45, 2.75) is 38.8 Å². The van der Waals surface area contributed by atoms with Gasteiger partial charge in [0, 0.05) is 25.4 Å². The molecule has 2 aliphatic rings. The summed E-state index contributed by atoms with van der Waals surface area (Å²) >= 11 is 1.43. The van der Waals surface area contributed by atoms with Gasteiger partial charge in [-0.2, -0.15) is 0 Å². The topological polar surface area (TPSA) is 71.5 Å². The zero-order chi connectivity index (χ0) is 22.8. The summed E-state index contributed by atoms with van der Waals surface area (Å²) in [6, 6.07) is 16.1. The highest BCUT2D eigenvalue weighted by Gasteiger charge is 2.30. The zero-order valence-corrected chi connectivity index (χ0v) is 19.4. The first-order valence-corrected chi connectivity index (χ1v) is 12.3. The van der Waals surface area contributed by atoms with Gasteiger partial charge in [-0.15, -0.1) is 11.3 Å². The Bertz CT molecular complexity index is 1160. The molecule has 0 radical (unpaired) electrons. The average molecular weight is 462 g/mol. The molecule has 5 rings (SSSR count). The fraction of sp³-hybridized carbons (Fsp3) is 0.346. The molecule has 0 bridgehead atoms. The first-order valence-electron chi connectivity index (χ1n) is 11.4. The molecular weight excluding hydrogens is 434 g/mol. The molecule has 3 aromatic rings. The summed E-state index contributed by atoms with van der Waals surface area (Å²) in [6.45, 7) is 3.36. The fourth-order valence-corrected chi connectivity index (χ4v) is 4.98. The molecule has 1 atom stereocenters. The van der Waals surface area contributed by atoms with Crippen LogP contribution in [0.1, 0.15) is 58.0 Å². The largest absolute Gasteiger partial charge is 0.486 e. The monoisotopic (exact) mass is 461 g/mol. The summed E-state index contributed by atoms with van der Waals surface area (Å²) in [5.74, 6) is 1.32. The second-order valence-electron chi connectivity index (χ2n) is 8.70. The number of nitrogens with one attached hydrogen (secondary N) is 1. The summed E-state index contributed by atoms with van der Waals surface area (Å²) in [7, 11) is 0. The molecule has 1 fully saturated rings. The van der Waals surface area contributed by atoms with E-state index in [0.717, 1.165) is 34.8 Å². The van der Waals surface area contributed by atoms with Crippen molar-refractivity contribution in [3.63, 3.8) is 0 Å². The highest BCUT2D eigenvalue weighted by Crippen LogP contribution is 2.37. The molecule has 2 amide bonds. The van der Waals surface area contributed by atoms with Crippen molar-refractivity contribution in [2.24, 2.45) is 5.92 Å². The number of thiazole rings is 1. The molecule has 1 aliphatic carbocycles. The summed E-state index contributed by atoms with van der Waals surface area (Å²) in [5.41, 5.74) is 3.87. The lowest BCUT2D eigenvalue weighted by Gasteiger charge is -2.37. The van der Waals surface area contributed by atoms with Gasteiger partial charge in [-0.25, -0.2) is 4.98 Å². The highest BCUT2D eigenvalue weighted by atomic mass is 32.1. The minimum absolute atomic E-state index is 0.0658. The van der Waals surface area contributed by atoms with E-state index in [1.54, 1.807) is 12.3 Å². The van der Waals surface area contributed by atoms with Gasteiger partial charge in [0.2, 0.25) is 5.91 Å². The van der Waals surface area contributed by atoms with Crippen LogP contribution < -0.4 is 10.1 Å². The van der Waals surface area contributed by atoms with E-state index in [0.29, 0.717) is 24.8 Å². The average Bonchev–Trinajstić information content (AvgIpc) is 3.55. The van der Waals surface area contributed by atoms with Crippen molar-refractivity contribution in [1.29, 1.82) is 0 Å². The first kappa shape index (κ1) is 21.6. The fourth-order valence-electron chi connectivity index (χ4n) is 4.29. The number of hydrogen-bond acceptors (Lipinski definition) is 5. The molecule has 1 aromatic heterocycles. The molecule has 1 aliphatic heterocycles. The van der Waals surface area contributed by atoms with Crippen molar-refractivity contribution < 1.29 is 14.3 Å². The van der Waals surface area contributed by atoms with E-state index in [1.165, 1.54) is 29.7 Å². The Kier molecular flexibility index (Phi) is 6.13. The van der Waals surface area contributed by atoms with Crippen LogP contribution >= 0.6 is 11.3 Å². The Morgan fingerprint density at radius 1 is 1.18 bits per heavy atom. The number of carbonyl (C=O) groups excluding carboxylic acids is 2. The number of ether oxygens (including phenoxy) is 1. The maximum Gasteiger partial charge on any atom is 0.270 e. The quantitative estimate of drug-likeness (QED) is 0.568. The van der Waals surface area contributed by atoms with Crippen LogP contribution in [-0.2, 0) is 17.8 Å². The van der Waals surface area contributed by atoms with Gasteiger partial charge in [0.05, 0.1) is 6.04 Å². The molecular formula is C26H27N3O3S. The van der Waals surface area contributed by atoms with Crippen molar-refractivity contribution in [3.8, 4) is 5.75 Å². The number of fused-ring (bicyclic) bond motifs is 1. The van der Waals surface area contributed by atoms with Gasteiger partial charge in [-0.1, -0.05) is 36.4 Å². The smallest absolute Gasteiger partial charge is 0.270 e. The Morgan fingerprint density at radius 2 is 2.00 bits per heavy atom. The lowest BCUT2D eigenvalue weighted by atomic mass is 9.88. The van der Waals surface area contributed by atoms with E-state index in [-0.39, 0.29) is 17.9 Å². The van der Waals surface area contributed by atoms with Gasteiger partial charge in [-0.3, -0.25) is 9.59 Å². The molecule has 6 nitrogen and oxygen atoms in total. The van der Waals surface area contributed by atoms with Gasteiger partial charge in [-0.05, 0) is 54.0 Å². The van der Waals surface area contributed by atoms with E-state index in [2.05, 4.69) is 28.5 Å². The molecule has 0 spiro atoms. The molecule has 2 heterocycles. The number of amides is 2. The van der Waals surface area contributed by atoms with Gasteiger partial charge in [0.15, 0.2) is 0 Å². The maximum absolute atomic E-state index is 12.4. The number of hydrogen-bond donors (Lipinski definition) is 1. The Labute approximate surface area is 197 Å². The zero-order valence-electron chi connectivity index (χ0n) is 18.6. The second-order valence-corrected chi connectivity index (χ2v) is 9.65. The van der Waals surface area contributed by atoms with Crippen LogP contribution in [0.15, 0.2) is 53.9 Å². The number of benzene rings is 2. The standard InChI is InChI=1S/C26H27N3O3S/c1-17(30)29-12-11-19-9-10-21(13-22(19)25(29)20-5-3-2-4-6-20)32-15-24-28-23(16-33-24)26(31)27-14-18-7-8-18/h2-6,9-10,13,16,18,25H,7-8,11-12,14-15H2,1H3,(H,27,31). The van der Waals surface area contributed by atoms with Crippen molar-refractivity contribution >= 4 is 23.2 Å². The Morgan fingerprint density at radius 3 is 2.76 bits per heavy atom. The predicted octanol–water partition coefficient (Wildman–Crippen LogP) is 4.36. The van der Waals surface area contributed by atoms with Crippen molar-refractivity contribution in [1.82, 2.24) is 15.2 Å².